The molecule has 1 aromatic carbocycles. The van der Waals surface area contributed by atoms with Crippen molar-refractivity contribution in [2.75, 3.05) is 24.5 Å². The van der Waals surface area contributed by atoms with Gasteiger partial charge < -0.3 is 10.2 Å². The van der Waals surface area contributed by atoms with Crippen molar-refractivity contribution >= 4 is 11.5 Å². The summed E-state index contributed by atoms with van der Waals surface area (Å²) in [6.45, 7) is 6.88. The van der Waals surface area contributed by atoms with Crippen LogP contribution < -0.4 is 10.2 Å². The summed E-state index contributed by atoms with van der Waals surface area (Å²) in [7, 11) is 0. The second kappa shape index (κ2) is 5.32. The van der Waals surface area contributed by atoms with Gasteiger partial charge in [0.15, 0.2) is 5.78 Å². The number of hydrogen-bond donors (Lipinski definition) is 1. The summed E-state index contributed by atoms with van der Waals surface area (Å²) in [5.74, 6) is 0.134. The Hall–Kier alpha value is -1.35. The molecular formula is C14H20N2O. The smallest absolute Gasteiger partial charge is 0.159 e. The van der Waals surface area contributed by atoms with Crippen LogP contribution in [0.4, 0.5) is 5.69 Å². The lowest BCUT2D eigenvalue weighted by molar-refractivity contribution is 0.101. The van der Waals surface area contributed by atoms with Crippen LogP contribution in [0.5, 0.6) is 0 Å². The molecule has 17 heavy (non-hydrogen) atoms. The van der Waals surface area contributed by atoms with Crippen LogP contribution in [0.1, 0.15) is 30.6 Å². The number of benzene rings is 1. The van der Waals surface area contributed by atoms with E-state index >= 15 is 0 Å². The van der Waals surface area contributed by atoms with Gasteiger partial charge in [0.05, 0.1) is 0 Å². The lowest BCUT2D eigenvalue weighted by Gasteiger charge is -2.19. The Morgan fingerprint density at radius 1 is 1.53 bits per heavy atom. The van der Waals surface area contributed by atoms with E-state index in [2.05, 4.69) is 23.2 Å². The molecule has 2 rings (SSSR count). The maximum absolute atomic E-state index is 11.3. The van der Waals surface area contributed by atoms with Crippen molar-refractivity contribution in [1.82, 2.24) is 5.32 Å². The zero-order valence-electron chi connectivity index (χ0n) is 10.6. The van der Waals surface area contributed by atoms with Gasteiger partial charge in [0, 0.05) is 30.4 Å². The van der Waals surface area contributed by atoms with Crippen LogP contribution in [0.2, 0.25) is 0 Å². The van der Waals surface area contributed by atoms with Gasteiger partial charge in [-0.15, -0.1) is 0 Å². The first-order valence-electron chi connectivity index (χ1n) is 6.30. The molecule has 0 aliphatic carbocycles. The topological polar surface area (TPSA) is 32.3 Å². The van der Waals surface area contributed by atoms with E-state index in [0.717, 1.165) is 30.9 Å². The van der Waals surface area contributed by atoms with Crippen LogP contribution >= 0.6 is 0 Å². The van der Waals surface area contributed by atoms with E-state index in [0.29, 0.717) is 6.04 Å². The molecule has 1 fully saturated rings. The second-order valence-corrected chi connectivity index (χ2v) is 4.60. The van der Waals surface area contributed by atoms with E-state index in [9.17, 15) is 4.79 Å². The Morgan fingerprint density at radius 3 is 3.06 bits per heavy atom. The minimum absolute atomic E-state index is 0.134. The van der Waals surface area contributed by atoms with Gasteiger partial charge in [-0.05, 0) is 32.0 Å². The molecule has 1 saturated heterocycles. The predicted molar refractivity (Wildman–Crippen MR) is 70.7 cm³/mol. The van der Waals surface area contributed by atoms with Gasteiger partial charge in [0.25, 0.3) is 0 Å². The lowest BCUT2D eigenvalue weighted by atomic mass is 10.1. The third-order valence-corrected chi connectivity index (χ3v) is 3.30. The molecule has 3 nitrogen and oxygen atoms in total. The molecule has 1 N–H and O–H groups in total. The molecule has 0 bridgehead atoms. The number of nitrogens with zero attached hydrogens (tertiary/aromatic N) is 1. The summed E-state index contributed by atoms with van der Waals surface area (Å²) in [6.07, 6.45) is 1.18. The summed E-state index contributed by atoms with van der Waals surface area (Å²) in [5, 5.41) is 3.47. The highest BCUT2D eigenvalue weighted by Gasteiger charge is 2.21. The SMILES string of the molecule is CCNC1CCN(c2cccc(C(C)=O)c2)C1. The molecule has 1 aliphatic rings. The summed E-state index contributed by atoms with van der Waals surface area (Å²) in [5.41, 5.74) is 1.97. The first-order chi connectivity index (χ1) is 8.20. The Morgan fingerprint density at radius 2 is 2.35 bits per heavy atom. The molecule has 0 radical (unpaired) electrons. The standard InChI is InChI=1S/C14H20N2O/c1-3-15-13-7-8-16(10-13)14-6-4-5-12(9-14)11(2)17/h4-6,9,13,15H,3,7-8,10H2,1-2H3. The molecular weight excluding hydrogens is 212 g/mol. The zero-order chi connectivity index (χ0) is 12.3. The largest absolute Gasteiger partial charge is 0.370 e. The molecule has 1 aliphatic heterocycles. The average molecular weight is 232 g/mol. The molecule has 1 atom stereocenters. The number of rotatable bonds is 4. The molecule has 0 spiro atoms. The second-order valence-electron chi connectivity index (χ2n) is 4.60. The highest BCUT2D eigenvalue weighted by atomic mass is 16.1. The van der Waals surface area contributed by atoms with E-state index in [4.69, 9.17) is 0 Å². The highest BCUT2D eigenvalue weighted by molar-refractivity contribution is 5.95. The normalized spacial score (nSPS) is 19.6. The van der Waals surface area contributed by atoms with Gasteiger partial charge in [-0.2, -0.15) is 0 Å². The van der Waals surface area contributed by atoms with Crippen molar-refractivity contribution in [2.24, 2.45) is 0 Å². The quantitative estimate of drug-likeness (QED) is 0.807. The highest BCUT2D eigenvalue weighted by Crippen LogP contribution is 2.21. The van der Waals surface area contributed by atoms with E-state index in [1.807, 2.05) is 18.2 Å². The Balaban J connectivity index is 2.08. The van der Waals surface area contributed by atoms with Crippen molar-refractivity contribution in [3.63, 3.8) is 0 Å². The molecule has 0 aromatic heterocycles. The third-order valence-electron chi connectivity index (χ3n) is 3.30. The van der Waals surface area contributed by atoms with E-state index in [-0.39, 0.29) is 5.78 Å². The molecule has 1 unspecified atom stereocenters. The first kappa shape index (κ1) is 12.1. The zero-order valence-corrected chi connectivity index (χ0v) is 10.6. The number of carbonyl (C=O) groups excluding carboxylic acids is 1. The van der Waals surface area contributed by atoms with Gasteiger partial charge in [-0.3, -0.25) is 4.79 Å². The van der Waals surface area contributed by atoms with Crippen molar-refractivity contribution in [2.45, 2.75) is 26.3 Å². The molecule has 0 amide bonds. The van der Waals surface area contributed by atoms with Gasteiger partial charge in [0.2, 0.25) is 0 Å². The van der Waals surface area contributed by atoms with Crippen LogP contribution in [0.3, 0.4) is 0 Å². The van der Waals surface area contributed by atoms with Crippen molar-refractivity contribution in [1.29, 1.82) is 0 Å². The minimum atomic E-state index is 0.134. The van der Waals surface area contributed by atoms with Crippen LogP contribution in [0.25, 0.3) is 0 Å². The first-order valence-corrected chi connectivity index (χ1v) is 6.30. The summed E-state index contributed by atoms with van der Waals surface area (Å²) in [6, 6.07) is 8.51. The molecule has 92 valence electrons. The number of Topliss-reactive ketones (excluding diaryl/α,β-unsaturated/α-hetero) is 1. The van der Waals surface area contributed by atoms with E-state index in [1.165, 1.54) is 6.42 Å². The summed E-state index contributed by atoms with van der Waals surface area (Å²) in [4.78, 5) is 13.7. The Bertz CT molecular complexity index is 403. The fourth-order valence-corrected chi connectivity index (χ4v) is 2.37. The number of anilines is 1. The molecule has 1 heterocycles. The number of ketones is 1. The monoisotopic (exact) mass is 232 g/mol. The Labute approximate surface area is 103 Å². The molecule has 3 heteroatoms. The Kier molecular flexibility index (Phi) is 3.79. The lowest BCUT2D eigenvalue weighted by Crippen LogP contribution is -2.32. The van der Waals surface area contributed by atoms with E-state index in [1.54, 1.807) is 6.92 Å². The number of nitrogens with one attached hydrogen (secondary N) is 1. The van der Waals surface area contributed by atoms with Gasteiger partial charge in [0.1, 0.15) is 0 Å². The average Bonchev–Trinajstić information content (AvgIpc) is 2.78. The van der Waals surface area contributed by atoms with Crippen molar-refractivity contribution < 1.29 is 4.79 Å². The van der Waals surface area contributed by atoms with Crippen LogP contribution in [0.15, 0.2) is 24.3 Å². The van der Waals surface area contributed by atoms with Gasteiger partial charge in [-0.25, -0.2) is 0 Å². The van der Waals surface area contributed by atoms with Crippen molar-refractivity contribution in [3.05, 3.63) is 29.8 Å². The minimum Gasteiger partial charge on any atom is -0.370 e. The number of hydrogen-bond acceptors (Lipinski definition) is 3. The van der Waals surface area contributed by atoms with Crippen LogP contribution in [-0.2, 0) is 0 Å². The fourth-order valence-electron chi connectivity index (χ4n) is 2.37. The third kappa shape index (κ3) is 2.86. The molecule has 1 aromatic rings. The maximum Gasteiger partial charge on any atom is 0.159 e. The van der Waals surface area contributed by atoms with Crippen LogP contribution in [0, 0.1) is 0 Å². The summed E-state index contributed by atoms with van der Waals surface area (Å²) >= 11 is 0. The van der Waals surface area contributed by atoms with E-state index < -0.39 is 0 Å². The van der Waals surface area contributed by atoms with Gasteiger partial charge >= 0.3 is 0 Å². The summed E-state index contributed by atoms with van der Waals surface area (Å²) < 4.78 is 0. The number of carbonyl (C=O) groups is 1. The fraction of sp³-hybridized carbons (Fsp3) is 0.500. The molecule has 0 saturated carbocycles. The van der Waals surface area contributed by atoms with Crippen molar-refractivity contribution in [3.8, 4) is 0 Å². The predicted octanol–water partition coefficient (Wildman–Crippen LogP) is 2.08. The van der Waals surface area contributed by atoms with Gasteiger partial charge in [-0.1, -0.05) is 19.1 Å². The van der Waals surface area contributed by atoms with Crippen LogP contribution in [-0.4, -0.2) is 31.5 Å². The maximum atomic E-state index is 11.3. The number of likely N-dealkylation sites (N-methyl/N-ethyl adjacent to an activating group) is 1.